The van der Waals surface area contributed by atoms with Crippen LogP contribution in [0.3, 0.4) is 0 Å². The molecule has 3 rings (SSSR count). The SMILES string of the molecule is COc1c(C(=O)O)cccc1-c1ccc(S(=O)(=O)N2CCCC2)cc1. The first-order chi connectivity index (χ1) is 11.9. The van der Waals surface area contributed by atoms with Crippen LogP contribution in [0.2, 0.25) is 0 Å². The molecule has 1 heterocycles. The second-order valence-corrected chi connectivity index (χ2v) is 7.77. The summed E-state index contributed by atoms with van der Waals surface area (Å²) in [4.78, 5) is 11.6. The molecule has 0 aliphatic carbocycles. The Kier molecular flexibility index (Phi) is 4.78. The van der Waals surface area contributed by atoms with Crippen LogP contribution in [0.25, 0.3) is 11.1 Å². The van der Waals surface area contributed by atoms with Crippen LogP contribution in [-0.2, 0) is 10.0 Å². The Bertz CT molecular complexity index is 884. The number of carboxylic acids is 1. The summed E-state index contributed by atoms with van der Waals surface area (Å²) in [6, 6.07) is 11.3. The summed E-state index contributed by atoms with van der Waals surface area (Å²) in [5, 5.41) is 9.28. The van der Waals surface area contributed by atoms with E-state index in [1.165, 1.54) is 17.5 Å². The largest absolute Gasteiger partial charge is 0.495 e. The molecule has 7 heteroatoms. The molecule has 0 spiro atoms. The molecule has 0 saturated carbocycles. The highest BCUT2D eigenvalue weighted by molar-refractivity contribution is 7.89. The van der Waals surface area contributed by atoms with Crippen molar-refractivity contribution in [2.45, 2.75) is 17.7 Å². The van der Waals surface area contributed by atoms with Crippen LogP contribution in [0.1, 0.15) is 23.2 Å². The fourth-order valence-corrected chi connectivity index (χ4v) is 4.55. The first kappa shape index (κ1) is 17.4. The quantitative estimate of drug-likeness (QED) is 0.885. The van der Waals surface area contributed by atoms with Crippen LogP contribution in [0.4, 0.5) is 0 Å². The first-order valence-electron chi connectivity index (χ1n) is 7.96. The maximum atomic E-state index is 12.6. The minimum Gasteiger partial charge on any atom is -0.495 e. The summed E-state index contributed by atoms with van der Waals surface area (Å²) in [6.45, 7) is 1.11. The Hall–Kier alpha value is -2.38. The van der Waals surface area contributed by atoms with Crippen molar-refractivity contribution in [3.05, 3.63) is 48.0 Å². The lowest BCUT2D eigenvalue weighted by molar-refractivity contribution is 0.0693. The van der Waals surface area contributed by atoms with E-state index in [0.29, 0.717) is 24.2 Å². The third-order valence-corrected chi connectivity index (χ3v) is 6.23. The van der Waals surface area contributed by atoms with Crippen molar-refractivity contribution in [3.8, 4) is 16.9 Å². The van der Waals surface area contributed by atoms with Crippen molar-refractivity contribution in [1.82, 2.24) is 4.31 Å². The zero-order valence-corrected chi connectivity index (χ0v) is 14.6. The Morgan fingerprint density at radius 1 is 1.08 bits per heavy atom. The van der Waals surface area contributed by atoms with Gasteiger partial charge in [-0.25, -0.2) is 13.2 Å². The maximum absolute atomic E-state index is 12.6. The zero-order chi connectivity index (χ0) is 18.0. The molecule has 0 atom stereocenters. The summed E-state index contributed by atoms with van der Waals surface area (Å²) >= 11 is 0. The highest BCUT2D eigenvalue weighted by Gasteiger charge is 2.27. The zero-order valence-electron chi connectivity index (χ0n) is 13.8. The maximum Gasteiger partial charge on any atom is 0.339 e. The number of benzene rings is 2. The van der Waals surface area contributed by atoms with Crippen LogP contribution in [-0.4, -0.2) is 44.0 Å². The Labute approximate surface area is 146 Å². The van der Waals surface area contributed by atoms with E-state index < -0.39 is 16.0 Å². The van der Waals surface area contributed by atoms with E-state index in [-0.39, 0.29) is 16.2 Å². The Balaban J connectivity index is 1.99. The van der Waals surface area contributed by atoms with Gasteiger partial charge in [-0.3, -0.25) is 0 Å². The van der Waals surface area contributed by atoms with Crippen LogP contribution in [0.5, 0.6) is 5.75 Å². The van der Waals surface area contributed by atoms with Crippen molar-refractivity contribution in [2.24, 2.45) is 0 Å². The molecule has 0 radical (unpaired) electrons. The second kappa shape index (κ2) is 6.85. The normalized spacial score (nSPS) is 15.2. The number of rotatable bonds is 5. The number of methoxy groups -OCH3 is 1. The molecular weight excluding hydrogens is 342 g/mol. The molecule has 1 aliphatic heterocycles. The van der Waals surface area contributed by atoms with Gasteiger partial charge in [-0.05, 0) is 36.6 Å². The summed E-state index contributed by atoms with van der Waals surface area (Å²) in [5.41, 5.74) is 1.36. The lowest BCUT2D eigenvalue weighted by atomic mass is 10.0. The number of nitrogens with zero attached hydrogens (tertiary/aromatic N) is 1. The van der Waals surface area contributed by atoms with E-state index in [1.807, 2.05) is 0 Å². The predicted octanol–water partition coefficient (Wildman–Crippen LogP) is 2.84. The fraction of sp³-hybridized carbons (Fsp3) is 0.278. The standard InChI is InChI=1S/C18H19NO5S/c1-24-17-15(5-4-6-16(17)18(20)21)13-7-9-14(10-8-13)25(22,23)19-11-2-3-12-19/h4-10H,2-3,11-12H2,1H3,(H,20,21). The first-order valence-corrected chi connectivity index (χ1v) is 9.40. The lowest BCUT2D eigenvalue weighted by Gasteiger charge is -2.16. The molecule has 1 saturated heterocycles. The van der Waals surface area contributed by atoms with E-state index in [0.717, 1.165) is 12.8 Å². The number of hydrogen-bond acceptors (Lipinski definition) is 4. The molecule has 132 valence electrons. The lowest BCUT2D eigenvalue weighted by Crippen LogP contribution is -2.27. The molecule has 1 aliphatic rings. The predicted molar refractivity (Wildman–Crippen MR) is 93.4 cm³/mol. The van der Waals surface area contributed by atoms with Gasteiger partial charge in [-0.2, -0.15) is 4.31 Å². The topological polar surface area (TPSA) is 83.9 Å². The minimum atomic E-state index is -3.47. The van der Waals surface area contributed by atoms with Crippen molar-refractivity contribution in [3.63, 3.8) is 0 Å². The summed E-state index contributed by atoms with van der Waals surface area (Å²) < 4.78 is 31.9. The Morgan fingerprint density at radius 3 is 2.28 bits per heavy atom. The average molecular weight is 361 g/mol. The van der Waals surface area contributed by atoms with Gasteiger partial charge < -0.3 is 9.84 Å². The van der Waals surface area contributed by atoms with Crippen LogP contribution in [0.15, 0.2) is 47.4 Å². The third-order valence-electron chi connectivity index (χ3n) is 4.32. The number of para-hydroxylation sites is 1. The smallest absolute Gasteiger partial charge is 0.339 e. The molecule has 1 fully saturated rings. The molecule has 6 nitrogen and oxygen atoms in total. The molecule has 25 heavy (non-hydrogen) atoms. The molecule has 1 N–H and O–H groups in total. The number of carboxylic acid groups (broad SMARTS) is 1. The molecule has 2 aromatic rings. The van der Waals surface area contributed by atoms with E-state index in [2.05, 4.69) is 0 Å². The number of ether oxygens (including phenoxy) is 1. The average Bonchev–Trinajstić information content (AvgIpc) is 3.16. The summed E-state index contributed by atoms with van der Waals surface area (Å²) in [5.74, 6) is -0.822. The van der Waals surface area contributed by atoms with Gasteiger partial charge in [-0.1, -0.05) is 24.3 Å². The molecule has 0 amide bonds. The van der Waals surface area contributed by atoms with Crippen molar-refractivity contribution in [1.29, 1.82) is 0 Å². The molecular formula is C18H19NO5S. The van der Waals surface area contributed by atoms with Crippen molar-refractivity contribution in [2.75, 3.05) is 20.2 Å². The molecule has 0 bridgehead atoms. The van der Waals surface area contributed by atoms with E-state index in [4.69, 9.17) is 4.74 Å². The van der Waals surface area contributed by atoms with E-state index in [9.17, 15) is 18.3 Å². The van der Waals surface area contributed by atoms with Gasteiger partial charge in [0.15, 0.2) is 0 Å². The van der Waals surface area contributed by atoms with Gasteiger partial charge >= 0.3 is 5.97 Å². The van der Waals surface area contributed by atoms with E-state index in [1.54, 1.807) is 36.4 Å². The number of hydrogen-bond donors (Lipinski definition) is 1. The van der Waals surface area contributed by atoms with Crippen LogP contribution in [0, 0.1) is 0 Å². The summed E-state index contributed by atoms with van der Waals surface area (Å²) in [6.07, 6.45) is 1.77. The third kappa shape index (κ3) is 3.25. The van der Waals surface area contributed by atoms with Gasteiger partial charge in [0, 0.05) is 18.7 Å². The summed E-state index contributed by atoms with van der Waals surface area (Å²) in [7, 11) is -2.05. The van der Waals surface area contributed by atoms with Gasteiger partial charge in [0.05, 0.1) is 12.0 Å². The van der Waals surface area contributed by atoms with Gasteiger partial charge in [0.2, 0.25) is 10.0 Å². The van der Waals surface area contributed by atoms with Crippen molar-refractivity contribution < 1.29 is 23.1 Å². The monoisotopic (exact) mass is 361 g/mol. The number of aromatic carboxylic acids is 1. The highest BCUT2D eigenvalue weighted by atomic mass is 32.2. The van der Waals surface area contributed by atoms with Crippen molar-refractivity contribution >= 4 is 16.0 Å². The molecule has 2 aromatic carbocycles. The fourth-order valence-electron chi connectivity index (χ4n) is 3.04. The van der Waals surface area contributed by atoms with Crippen LogP contribution < -0.4 is 4.74 Å². The highest BCUT2D eigenvalue weighted by Crippen LogP contribution is 2.34. The van der Waals surface area contributed by atoms with E-state index >= 15 is 0 Å². The second-order valence-electron chi connectivity index (χ2n) is 5.83. The van der Waals surface area contributed by atoms with Crippen LogP contribution >= 0.6 is 0 Å². The Morgan fingerprint density at radius 2 is 1.72 bits per heavy atom. The molecule has 0 unspecified atom stereocenters. The van der Waals surface area contributed by atoms with Gasteiger partial charge in [0.1, 0.15) is 11.3 Å². The number of carbonyl (C=O) groups is 1. The molecule has 0 aromatic heterocycles. The van der Waals surface area contributed by atoms with Gasteiger partial charge in [-0.15, -0.1) is 0 Å². The number of sulfonamides is 1. The van der Waals surface area contributed by atoms with Gasteiger partial charge in [0.25, 0.3) is 0 Å². The minimum absolute atomic E-state index is 0.0637.